The lowest BCUT2D eigenvalue weighted by atomic mass is 10.0. The van der Waals surface area contributed by atoms with E-state index in [-0.39, 0.29) is 11.9 Å². The highest BCUT2D eigenvalue weighted by Gasteiger charge is 2.30. The van der Waals surface area contributed by atoms with Gasteiger partial charge in [-0.25, -0.2) is 4.79 Å². The number of ether oxygens (including phenoxy) is 1. The molecule has 1 amide bonds. The minimum Gasteiger partial charge on any atom is -0.462 e. The van der Waals surface area contributed by atoms with Gasteiger partial charge in [-0.2, -0.15) is 0 Å². The van der Waals surface area contributed by atoms with Gasteiger partial charge in [0.25, 0.3) is 0 Å². The molecular weight excluding hydrogens is 440 g/mol. The number of esters is 1. The Hall–Kier alpha value is -1.54. The summed E-state index contributed by atoms with van der Waals surface area (Å²) < 4.78 is 5.29. The molecule has 0 atom stereocenters. The van der Waals surface area contributed by atoms with Crippen LogP contribution >= 0.6 is 34.7 Å². The summed E-state index contributed by atoms with van der Waals surface area (Å²) in [6.45, 7) is 8.15. The molecule has 0 unspecified atom stereocenters. The van der Waals surface area contributed by atoms with E-state index < -0.39 is 0 Å². The number of amides is 1. The van der Waals surface area contributed by atoms with E-state index in [1.165, 1.54) is 11.3 Å². The van der Waals surface area contributed by atoms with E-state index in [1.807, 2.05) is 24.3 Å². The monoisotopic (exact) mass is 466 g/mol. The first kappa shape index (κ1) is 23.1. The molecular formula is C22H27ClN2O3S2. The van der Waals surface area contributed by atoms with Crippen LogP contribution in [0, 0.1) is 0 Å². The Kier molecular flexibility index (Phi) is 8.22. The number of anilines is 1. The topological polar surface area (TPSA) is 58.6 Å². The van der Waals surface area contributed by atoms with Gasteiger partial charge in [0.15, 0.2) is 0 Å². The Morgan fingerprint density at radius 2 is 2.03 bits per heavy atom. The Balaban J connectivity index is 1.68. The highest BCUT2D eigenvalue weighted by Crippen LogP contribution is 2.38. The normalized spacial score (nSPS) is 13.9. The second-order valence-electron chi connectivity index (χ2n) is 7.34. The van der Waals surface area contributed by atoms with Crippen LogP contribution in [0.15, 0.2) is 29.2 Å². The van der Waals surface area contributed by atoms with Crippen LogP contribution in [0.4, 0.5) is 5.00 Å². The van der Waals surface area contributed by atoms with E-state index in [2.05, 4.69) is 24.1 Å². The molecule has 1 aliphatic rings. The number of rotatable bonds is 8. The van der Waals surface area contributed by atoms with Crippen LogP contribution in [-0.4, -0.2) is 41.7 Å². The van der Waals surface area contributed by atoms with Crippen molar-refractivity contribution in [1.82, 2.24) is 4.90 Å². The van der Waals surface area contributed by atoms with E-state index in [0.717, 1.165) is 34.8 Å². The molecule has 0 saturated heterocycles. The predicted octanol–water partition coefficient (Wildman–Crippen LogP) is 5.47. The summed E-state index contributed by atoms with van der Waals surface area (Å²) >= 11 is 9.01. The lowest BCUT2D eigenvalue weighted by Gasteiger charge is -2.30. The van der Waals surface area contributed by atoms with Gasteiger partial charge in [-0.05, 0) is 57.0 Å². The van der Waals surface area contributed by atoms with E-state index >= 15 is 0 Å². The lowest BCUT2D eigenvalue weighted by molar-refractivity contribution is -0.115. The van der Waals surface area contributed by atoms with Gasteiger partial charge in [0.1, 0.15) is 5.00 Å². The molecule has 162 valence electrons. The van der Waals surface area contributed by atoms with E-state index in [0.29, 0.717) is 40.4 Å². The Bertz CT molecular complexity index is 897. The molecule has 0 bridgehead atoms. The fourth-order valence-corrected chi connectivity index (χ4v) is 5.61. The number of nitrogens with one attached hydrogen (secondary N) is 1. The number of carbonyl (C=O) groups is 2. The van der Waals surface area contributed by atoms with Crippen LogP contribution in [-0.2, 0) is 22.5 Å². The zero-order valence-electron chi connectivity index (χ0n) is 17.5. The Labute approximate surface area is 191 Å². The molecule has 0 aliphatic carbocycles. The summed E-state index contributed by atoms with van der Waals surface area (Å²) in [6, 6.07) is 8.00. The molecule has 1 aromatic heterocycles. The third-order valence-electron chi connectivity index (χ3n) is 4.96. The fourth-order valence-electron chi connectivity index (χ4n) is 3.35. The van der Waals surface area contributed by atoms with Gasteiger partial charge >= 0.3 is 5.97 Å². The summed E-state index contributed by atoms with van der Waals surface area (Å²) in [5, 5.41) is 4.28. The molecule has 1 aliphatic heterocycles. The zero-order chi connectivity index (χ0) is 21.7. The van der Waals surface area contributed by atoms with E-state index in [1.54, 1.807) is 18.7 Å². The number of halogens is 1. The number of fused-ring (bicyclic) bond motifs is 1. The summed E-state index contributed by atoms with van der Waals surface area (Å²) in [4.78, 5) is 29.8. The third kappa shape index (κ3) is 5.78. The lowest BCUT2D eigenvalue weighted by Crippen LogP contribution is -2.35. The number of nitrogens with zero attached hydrogens (tertiary/aromatic N) is 1. The summed E-state index contributed by atoms with van der Waals surface area (Å²) in [5.74, 6) is 0.203. The Morgan fingerprint density at radius 1 is 1.30 bits per heavy atom. The minimum atomic E-state index is -0.348. The van der Waals surface area contributed by atoms with Gasteiger partial charge in [0.2, 0.25) is 5.91 Å². The van der Waals surface area contributed by atoms with Crippen molar-refractivity contribution in [3.8, 4) is 0 Å². The molecule has 0 spiro atoms. The van der Waals surface area contributed by atoms with Crippen molar-refractivity contribution in [2.75, 3.05) is 24.2 Å². The second-order valence-corrected chi connectivity index (χ2v) is 10.1. The van der Waals surface area contributed by atoms with Crippen molar-refractivity contribution in [3.05, 3.63) is 45.3 Å². The van der Waals surface area contributed by atoms with Crippen molar-refractivity contribution < 1.29 is 14.3 Å². The van der Waals surface area contributed by atoms with Gasteiger partial charge in [0.05, 0.1) is 12.2 Å². The van der Waals surface area contributed by atoms with Gasteiger partial charge in [-0.1, -0.05) is 11.6 Å². The first-order valence-corrected chi connectivity index (χ1v) is 12.3. The van der Waals surface area contributed by atoms with Crippen molar-refractivity contribution >= 4 is 51.6 Å². The van der Waals surface area contributed by atoms with Gasteiger partial charge < -0.3 is 10.1 Å². The maximum atomic E-state index is 12.6. The van der Waals surface area contributed by atoms with Crippen molar-refractivity contribution in [3.63, 3.8) is 0 Å². The maximum absolute atomic E-state index is 12.6. The minimum absolute atomic E-state index is 0.0960. The van der Waals surface area contributed by atoms with Crippen LogP contribution in [0.25, 0.3) is 0 Å². The number of benzene rings is 1. The zero-order valence-corrected chi connectivity index (χ0v) is 19.9. The fraction of sp³-hybridized carbons (Fsp3) is 0.455. The molecule has 5 nitrogen and oxygen atoms in total. The molecule has 0 radical (unpaired) electrons. The van der Waals surface area contributed by atoms with Crippen LogP contribution < -0.4 is 5.32 Å². The molecule has 0 fully saturated rings. The molecule has 3 rings (SSSR count). The van der Waals surface area contributed by atoms with Gasteiger partial charge in [-0.3, -0.25) is 9.69 Å². The number of hydrogen-bond acceptors (Lipinski definition) is 6. The highest BCUT2D eigenvalue weighted by molar-refractivity contribution is 7.99. The maximum Gasteiger partial charge on any atom is 0.341 e. The first-order valence-electron chi connectivity index (χ1n) is 10.1. The SMILES string of the molecule is CCOC(=O)c1c(NC(=O)CCSc2ccc(Cl)cc2)sc2c1CCN(C(C)C)C2. The summed E-state index contributed by atoms with van der Waals surface area (Å²) in [6.07, 6.45) is 1.15. The van der Waals surface area contributed by atoms with Crippen LogP contribution in [0.1, 0.15) is 48.0 Å². The number of thiophene rings is 1. The van der Waals surface area contributed by atoms with Crippen LogP contribution in [0.2, 0.25) is 5.02 Å². The van der Waals surface area contributed by atoms with Crippen molar-refractivity contribution in [1.29, 1.82) is 0 Å². The van der Waals surface area contributed by atoms with Crippen molar-refractivity contribution in [2.45, 2.75) is 51.1 Å². The number of carbonyl (C=O) groups excluding carboxylic acids is 2. The van der Waals surface area contributed by atoms with Crippen LogP contribution in [0.5, 0.6) is 0 Å². The molecule has 1 aromatic carbocycles. The standard InChI is InChI=1S/C22H27ClN2O3S2/c1-4-28-22(27)20-17-9-11-25(14(2)3)13-18(17)30-21(20)24-19(26)10-12-29-16-7-5-15(23)6-8-16/h5-8,14H,4,9-13H2,1-3H3,(H,24,26). The average molecular weight is 467 g/mol. The molecule has 8 heteroatoms. The molecule has 2 heterocycles. The highest BCUT2D eigenvalue weighted by atomic mass is 35.5. The molecule has 0 saturated carbocycles. The average Bonchev–Trinajstić information content (AvgIpc) is 3.06. The Morgan fingerprint density at radius 3 is 2.70 bits per heavy atom. The first-order chi connectivity index (χ1) is 14.4. The molecule has 30 heavy (non-hydrogen) atoms. The second kappa shape index (κ2) is 10.7. The molecule has 1 N–H and O–H groups in total. The van der Waals surface area contributed by atoms with Gasteiger partial charge in [0, 0.05) is 46.1 Å². The van der Waals surface area contributed by atoms with E-state index in [4.69, 9.17) is 16.3 Å². The summed E-state index contributed by atoms with van der Waals surface area (Å²) in [7, 11) is 0. The van der Waals surface area contributed by atoms with Crippen molar-refractivity contribution in [2.24, 2.45) is 0 Å². The van der Waals surface area contributed by atoms with Crippen LogP contribution in [0.3, 0.4) is 0 Å². The molecule has 2 aromatic rings. The number of thioether (sulfide) groups is 1. The number of hydrogen-bond donors (Lipinski definition) is 1. The smallest absolute Gasteiger partial charge is 0.341 e. The predicted molar refractivity (Wildman–Crippen MR) is 125 cm³/mol. The third-order valence-corrected chi connectivity index (χ3v) is 7.36. The van der Waals surface area contributed by atoms with Gasteiger partial charge in [-0.15, -0.1) is 23.1 Å². The largest absolute Gasteiger partial charge is 0.462 e. The quantitative estimate of drug-likeness (QED) is 0.413. The van der Waals surface area contributed by atoms with E-state index in [9.17, 15) is 9.59 Å². The summed E-state index contributed by atoms with van der Waals surface area (Å²) in [5.41, 5.74) is 1.57.